The molecule has 0 aliphatic heterocycles. The average molecular weight is 327 g/mol. The molecule has 1 heterocycles. The summed E-state index contributed by atoms with van der Waals surface area (Å²) >= 11 is 3.27. The SMILES string of the molecule is Fc1ccc(Oc2cc(Br)nc(C3CC3)n2)c(F)c1. The number of hydrogen-bond donors (Lipinski definition) is 0. The quantitative estimate of drug-likeness (QED) is 0.793. The second-order valence-electron chi connectivity index (χ2n) is 4.34. The smallest absolute Gasteiger partial charge is 0.223 e. The number of hydrogen-bond acceptors (Lipinski definition) is 3. The van der Waals surface area contributed by atoms with Crippen LogP contribution in [0.15, 0.2) is 28.9 Å². The molecular formula is C13H9BrF2N2O. The lowest BCUT2D eigenvalue weighted by Gasteiger charge is -2.07. The van der Waals surface area contributed by atoms with E-state index in [0.29, 0.717) is 16.3 Å². The molecule has 0 unspecified atom stereocenters. The van der Waals surface area contributed by atoms with Crippen LogP contribution in [0.3, 0.4) is 0 Å². The van der Waals surface area contributed by atoms with Crippen molar-refractivity contribution in [3.05, 3.63) is 46.3 Å². The zero-order valence-electron chi connectivity index (χ0n) is 9.74. The van der Waals surface area contributed by atoms with Crippen molar-refractivity contribution < 1.29 is 13.5 Å². The van der Waals surface area contributed by atoms with E-state index in [1.165, 1.54) is 6.07 Å². The molecule has 0 spiro atoms. The molecular weight excluding hydrogens is 318 g/mol. The normalized spacial score (nSPS) is 14.5. The van der Waals surface area contributed by atoms with E-state index in [-0.39, 0.29) is 11.6 Å². The lowest BCUT2D eigenvalue weighted by Crippen LogP contribution is -1.97. The van der Waals surface area contributed by atoms with Crippen molar-refractivity contribution in [3.63, 3.8) is 0 Å². The van der Waals surface area contributed by atoms with Gasteiger partial charge in [-0.15, -0.1) is 0 Å². The Labute approximate surface area is 116 Å². The van der Waals surface area contributed by atoms with Crippen LogP contribution in [0, 0.1) is 11.6 Å². The van der Waals surface area contributed by atoms with Crippen LogP contribution in [0.4, 0.5) is 8.78 Å². The fraction of sp³-hybridized carbons (Fsp3) is 0.231. The molecule has 1 aliphatic carbocycles. The average Bonchev–Trinajstić information content (AvgIpc) is 3.16. The van der Waals surface area contributed by atoms with E-state index in [1.54, 1.807) is 6.07 Å². The van der Waals surface area contributed by atoms with Gasteiger partial charge in [-0.2, -0.15) is 4.98 Å². The van der Waals surface area contributed by atoms with Gasteiger partial charge in [-0.05, 0) is 40.9 Å². The van der Waals surface area contributed by atoms with Gasteiger partial charge < -0.3 is 4.74 Å². The van der Waals surface area contributed by atoms with Crippen LogP contribution in [-0.4, -0.2) is 9.97 Å². The molecule has 0 N–H and O–H groups in total. The van der Waals surface area contributed by atoms with Crippen LogP contribution in [0.25, 0.3) is 0 Å². The van der Waals surface area contributed by atoms with Gasteiger partial charge in [0.15, 0.2) is 11.6 Å². The minimum atomic E-state index is -0.761. The molecule has 0 atom stereocenters. The molecule has 2 aromatic rings. The summed E-state index contributed by atoms with van der Waals surface area (Å²) in [6.45, 7) is 0. The van der Waals surface area contributed by atoms with Gasteiger partial charge in [0, 0.05) is 18.1 Å². The van der Waals surface area contributed by atoms with Crippen molar-refractivity contribution in [1.29, 1.82) is 0 Å². The summed E-state index contributed by atoms with van der Waals surface area (Å²) < 4.78 is 32.2. The highest BCUT2D eigenvalue weighted by atomic mass is 79.9. The molecule has 3 rings (SSSR count). The van der Waals surface area contributed by atoms with Crippen LogP contribution in [0.1, 0.15) is 24.6 Å². The largest absolute Gasteiger partial charge is 0.436 e. The van der Waals surface area contributed by atoms with E-state index in [4.69, 9.17) is 4.74 Å². The van der Waals surface area contributed by atoms with Gasteiger partial charge in [0.1, 0.15) is 16.2 Å². The van der Waals surface area contributed by atoms with E-state index in [1.807, 2.05) is 0 Å². The first kappa shape index (κ1) is 12.5. The molecule has 3 nitrogen and oxygen atoms in total. The van der Waals surface area contributed by atoms with Crippen molar-refractivity contribution in [2.45, 2.75) is 18.8 Å². The maximum absolute atomic E-state index is 13.5. The third kappa shape index (κ3) is 2.89. The third-order valence-electron chi connectivity index (χ3n) is 2.74. The predicted octanol–water partition coefficient (Wildman–Crippen LogP) is 4.19. The van der Waals surface area contributed by atoms with Crippen LogP contribution < -0.4 is 4.74 Å². The van der Waals surface area contributed by atoms with Crippen LogP contribution >= 0.6 is 15.9 Å². The highest BCUT2D eigenvalue weighted by molar-refractivity contribution is 9.10. The highest BCUT2D eigenvalue weighted by Crippen LogP contribution is 2.39. The standard InChI is InChI=1S/C13H9BrF2N2O/c14-11-6-12(18-13(17-11)7-1-2-7)19-10-4-3-8(15)5-9(10)16/h3-7H,1-2H2. The van der Waals surface area contributed by atoms with Gasteiger partial charge in [-0.3, -0.25) is 0 Å². The van der Waals surface area contributed by atoms with Gasteiger partial charge >= 0.3 is 0 Å². The maximum atomic E-state index is 13.5. The third-order valence-corrected chi connectivity index (χ3v) is 3.15. The number of benzene rings is 1. The van der Waals surface area contributed by atoms with Crippen molar-refractivity contribution in [2.75, 3.05) is 0 Å². The van der Waals surface area contributed by atoms with Gasteiger partial charge in [0.2, 0.25) is 5.88 Å². The van der Waals surface area contributed by atoms with E-state index in [9.17, 15) is 8.78 Å². The first-order valence-corrected chi connectivity index (χ1v) is 6.58. The summed E-state index contributed by atoms with van der Waals surface area (Å²) in [5, 5.41) is 0. The van der Waals surface area contributed by atoms with Crippen LogP contribution in [-0.2, 0) is 0 Å². The maximum Gasteiger partial charge on any atom is 0.223 e. The second-order valence-corrected chi connectivity index (χ2v) is 5.15. The number of ether oxygens (including phenoxy) is 1. The summed E-state index contributed by atoms with van der Waals surface area (Å²) in [7, 11) is 0. The van der Waals surface area contributed by atoms with Crippen molar-refractivity contribution in [3.8, 4) is 11.6 Å². The Morgan fingerprint density at radius 2 is 1.95 bits per heavy atom. The summed E-state index contributed by atoms with van der Waals surface area (Å²) in [5.41, 5.74) is 0. The van der Waals surface area contributed by atoms with Gasteiger partial charge in [-0.1, -0.05) is 0 Å². The fourth-order valence-corrected chi connectivity index (χ4v) is 2.04. The number of nitrogens with zero attached hydrogens (tertiary/aromatic N) is 2. The lowest BCUT2D eigenvalue weighted by atomic mass is 10.3. The summed E-state index contributed by atoms with van der Waals surface area (Å²) in [5.74, 6) is -0.178. The summed E-state index contributed by atoms with van der Waals surface area (Å²) in [6, 6.07) is 4.69. The van der Waals surface area contributed by atoms with Crippen LogP contribution in [0.2, 0.25) is 0 Å². The molecule has 0 radical (unpaired) electrons. The van der Waals surface area contributed by atoms with Gasteiger partial charge in [0.05, 0.1) is 0 Å². The number of aromatic nitrogens is 2. The molecule has 1 fully saturated rings. The van der Waals surface area contributed by atoms with Gasteiger partial charge in [0.25, 0.3) is 0 Å². The van der Waals surface area contributed by atoms with E-state index >= 15 is 0 Å². The topological polar surface area (TPSA) is 35.0 Å². The Balaban J connectivity index is 1.89. The molecule has 98 valence electrons. The van der Waals surface area contributed by atoms with Crippen molar-refractivity contribution in [1.82, 2.24) is 9.97 Å². The zero-order chi connectivity index (χ0) is 13.4. The first-order chi connectivity index (χ1) is 9.11. The van der Waals surface area contributed by atoms with Gasteiger partial charge in [-0.25, -0.2) is 13.8 Å². The molecule has 1 aliphatic rings. The molecule has 1 aromatic heterocycles. The Morgan fingerprint density at radius 1 is 1.16 bits per heavy atom. The predicted molar refractivity (Wildman–Crippen MR) is 68.1 cm³/mol. The molecule has 19 heavy (non-hydrogen) atoms. The molecule has 0 amide bonds. The van der Waals surface area contributed by atoms with Crippen molar-refractivity contribution >= 4 is 15.9 Å². The highest BCUT2D eigenvalue weighted by Gasteiger charge is 2.27. The summed E-state index contributed by atoms with van der Waals surface area (Å²) in [4.78, 5) is 8.48. The second kappa shape index (κ2) is 4.85. The first-order valence-electron chi connectivity index (χ1n) is 5.79. The van der Waals surface area contributed by atoms with E-state index in [0.717, 1.165) is 25.0 Å². The Hall–Kier alpha value is -1.56. The zero-order valence-corrected chi connectivity index (χ0v) is 11.3. The fourth-order valence-electron chi connectivity index (χ4n) is 1.66. The molecule has 0 saturated heterocycles. The van der Waals surface area contributed by atoms with Crippen molar-refractivity contribution in [2.24, 2.45) is 0 Å². The number of halogens is 3. The minimum absolute atomic E-state index is 0.0613. The molecule has 1 saturated carbocycles. The van der Waals surface area contributed by atoms with Crippen LogP contribution in [0.5, 0.6) is 11.6 Å². The lowest BCUT2D eigenvalue weighted by molar-refractivity contribution is 0.420. The minimum Gasteiger partial charge on any atom is -0.436 e. The Morgan fingerprint density at radius 3 is 2.63 bits per heavy atom. The molecule has 1 aromatic carbocycles. The Kier molecular flexibility index (Phi) is 3.18. The monoisotopic (exact) mass is 326 g/mol. The Bertz CT molecular complexity index is 632. The molecule has 0 bridgehead atoms. The summed E-state index contributed by atoms with van der Waals surface area (Å²) in [6.07, 6.45) is 2.11. The van der Waals surface area contributed by atoms with E-state index in [2.05, 4.69) is 25.9 Å². The number of rotatable bonds is 3. The van der Waals surface area contributed by atoms with E-state index < -0.39 is 11.6 Å². The molecule has 6 heteroatoms.